The summed E-state index contributed by atoms with van der Waals surface area (Å²) in [5.41, 5.74) is 0.882. The fourth-order valence-corrected chi connectivity index (χ4v) is 2.91. The fourth-order valence-electron chi connectivity index (χ4n) is 2.27. The van der Waals surface area contributed by atoms with E-state index in [0.717, 1.165) is 5.69 Å². The first-order chi connectivity index (χ1) is 12.0. The van der Waals surface area contributed by atoms with Gasteiger partial charge in [0.1, 0.15) is 0 Å². The maximum atomic E-state index is 12.3. The van der Waals surface area contributed by atoms with Crippen LogP contribution in [0.5, 0.6) is 5.75 Å². The van der Waals surface area contributed by atoms with E-state index in [9.17, 15) is 9.59 Å². The number of likely N-dealkylation sites (N-methyl/N-ethyl adjacent to an activating group) is 1. The molecule has 5 nitrogen and oxygen atoms in total. The summed E-state index contributed by atoms with van der Waals surface area (Å²) in [6.07, 6.45) is 0. The Balaban J connectivity index is 2.05. The number of hydrogen-bond donors (Lipinski definition) is 0. The number of halogens is 2. The van der Waals surface area contributed by atoms with Gasteiger partial charge in [0, 0.05) is 12.2 Å². The van der Waals surface area contributed by atoms with E-state index in [0.29, 0.717) is 6.54 Å². The molecule has 132 valence electrons. The second-order valence-electron chi connectivity index (χ2n) is 5.02. The van der Waals surface area contributed by atoms with Crippen LogP contribution < -0.4 is 9.64 Å². The number of para-hydroxylation sites is 1. The summed E-state index contributed by atoms with van der Waals surface area (Å²) in [6.45, 7) is 1.92. The summed E-state index contributed by atoms with van der Waals surface area (Å²) in [5, 5.41) is 0.375. The van der Waals surface area contributed by atoms with Gasteiger partial charge in [-0.2, -0.15) is 0 Å². The Kier molecular flexibility index (Phi) is 6.67. The van der Waals surface area contributed by atoms with Crippen LogP contribution in [0.15, 0.2) is 42.5 Å². The van der Waals surface area contributed by atoms with Crippen molar-refractivity contribution in [3.05, 3.63) is 58.1 Å². The van der Waals surface area contributed by atoms with E-state index in [-0.39, 0.29) is 33.9 Å². The highest BCUT2D eigenvalue weighted by atomic mass is 35.5. The minimum atomic E-state index is -0.691. The van der Waals surface area contributed by atoms with Crippen molar-refractivity contribution in [1.29, 1.82) is 0 Å². The standard InChI is InChI=1S/C18H17Cl2NO4/c1-3-21(13-7-5-4-6-8-13)16(22)11-25-18(23)12-9-14(19)17(24-2)15(20)10-12/h4-10H,3,11H2,1-2H3. The molecule has 0 fully saturated rings. The van der Waals surface area contributed by atoms with E-state index in [1.807, 2.05) is 37.3 Å². The zero-order valence-corrected chi connectivity index (χ0v) is 15.3. The largest absolute Gasteiger partial charge is 0.494 e. The summed E-state index contributed by atoms with van der Waals surface area (Å²) < 4.78 is 10.1. The van der Waals surface area contributed by atoms with Crippen LogP contribution in [-0.2, 0) is 9.53 Å². The predicted octanol–water partition coefficient (Wildman–Crippen LogP) is 4.21. The minimum absolute atomic E-state index is 0.145. The number of methoxy groups -OCH3 is 1. The Hall–Kier alpha value is -2.24. The maximum Gasteiger partial charge on any atom is 0.338 e. The first kappa shape index (κ1) is 19.1. The highest BCUT2D eigenvalue weighted by molar-refractivity contribution is 6.37. The number of ether oxygens (including phenoxy) is 2. The van der Waals surface area contributed by atoms with Crippen LogP contribution >= 0.6 is 23.2 Å². The average Bonchev–Trinajstić information content (AvgIpc) is 2.61. The number of rotatable bonds is 6. The smallest absolute Gasteiger partial charge is 0.338 e. The Morgan fingerprint density at radius 2 is 1.68 bits per heavy atom. The molecule has 0 radical (unpaired) electrons. The van der Waals surface area contributed by atoms with Crippen LogP contribution in [0.4, 0.5) is 5.69 Å². The zero-order valence-electron chi connectivity index (χ0n) is 13.8. The molecule has 2 rings (SSSR count). The molecule has 2 aromatic carbocycles. The summed E-state index contributed by atoms with van der Waals surface area (Å²) in [4.78, 5) is 26.0. The number of benzene rings is 2. The minimum Gasteiger partial charge on any atom is -0.494 e. The number of hydrogen-bond acceptors (Lipinski definition) is 4. The van der Waals surface area contributed by atoms with Crippen molar-refractivity contribution in [2.45, 2.75) is 6.92 Å². The normalized spacial score (nSPS) is 10.2. The van der Waals surface area contributed by atoms with Crippen molar-refractivity contribution in [2.75, 3.05) is 25.2 Å². The average molecular weight is 382 g/mol. The van der Waals surface area contributed by atoms with E-state index in [2.05, 4.69) is 0 Å². The molecule has 0 saturated carbocycles. The van der Waals surface area contributed by atoms with Gasteiger partial charge in [-0.15, -0.1) is 0 Å². The lowest BCUT2D eigenvalue weighted by atomic mass is 10.2. The highest BCUT2D eigenvalue weighted by Crippen LogP contribution is 2.34. The molecule has 0 N–H and O–H groups in total. The second-order valence-corrected chi connectivity index (χ2v) is 5.84. The Morgan fingerprint density at radius 3 is 2.20 bits per heavy atom. The van der Waals surface area contributed by atoms with Gasteiger partial charge in [0.2, 0.25) is 0 Å². The molecule has 0 atom stereocenters. The van der Waals surface area contributed by atoms with Crippen molar-refractivity contribution in [3.63, 3.8) is 0 Å². The quantitative estimate of drug-likeness (QED) is 0.703. The molecule has 0 bridgehead atoms. The van der Waals surface area contributed by atoms with E-state index in [1.54, 1.807) is 0 Å². The zero-order chi connectivity index (χ0) is 18.4. The fraction of sp³-hybridized carbons (Fsp3) is 0.222. The van der Waals surface area contributed by atoms with Gasteiger partial charge in [-0.05, 0) is 31.2 Å². The topological polar surface area (TPSA) is 55.8 Å². The van der Waals surface area contributed by atoms with Crippen LogP contribution in [-0.4, -0.2) is 32.1 Å². The van der Waals surface area contributed by atoms with Gasteiger partial charge < -0.3 is 14.4 Å². The number of carbonyl (C=O) groups is 2. The maximum absolute atomic E-state index is 12.3. The van der Waals surface area contributed by atoms with Crippen LogP contribution in [0.3, 0.4) is 0 Å². The van der Waals surface area contributed by atoms with E-state index in [4.69, 9.17) is 32.7 Å². The number of esters is 1. The molecule has 0 aliphatic heterocycles. The van der Waals surface area contributed by atoms with Crippen molar-refractivity contribution in [2.24, 2.45) is 0 Å². The third-order valence-corrected chi connectivity index (χ3v) is 4.01. The summed E-state index contributed by atoms with van der Waals surface area (Å²) in [6, 6.07) is 11.9. The predicted molar refractivity (Wildman–Crippen MR) is 97.8 cm³/mol. The van der Waals surface area contributed by atoms with Crippen LogP contribution in [0, 0.1) is 0 Å². The SMILES string of the molecule is CCN(C(=O)COC(=O)c1cc(Cl)c(OC)c(Cl)c1)c1ccccc1. The first-order valence-electron chi connectivity index (χ1n) is 7.53. The molecule has 0 unspecified atom stereocenters. The first-order valence-corrected chi connectivity index (χ1v) is 8.29. The lowest BCUT2D eigenvalue weighted by Crippen LogP contribution is -2.34. The van der Waals surface area contributed by atoms with E-state index >= 15 is 0 Å². The highest BCUT2D eigenvalue weighted by Gasteiger charge is 2.18. The van der Waals surface area contributed by atoms with Crippen molar-refractivity contribution in [3.8, 4) is 5.75 Å². The molecule has 1 amide bonds. The monoisotopic (exact) mass is 381 g/mol. The Bertz CT molecular complexity index is 742. The number of anilines is 1. The second kappa shape index (κ2) is 8.74. The van der Waals surface area contributed by atoms with Gasteiger partial charge in [-0.3, -0.25) is 4.79 Å². The van der Waals surface area contributed by atoms with Gasteiger partial charge in [0.15, 0.2) is 12.4 Å². The molecule has 0 aromatic heterocycles. The lowest BCUT2D eigenvalue weighted by molar-refractivity contribution is -0.121. The number of nitrogens with zero attached hydrogens (tertiary/aromatic N) is 1. The van der Waals surface area contributed by atoms with E-state index in [1.165, 1.54) is 24.1 Å². The molecule has 2 aromatic rings. The Morgan fingerprint density at radius 1 is 1.08 bits per heavy atom. The van der Waals surface area contributed by atoms with Crippen molar-refractivity contribution < 1.29 is 19.1 Å². The Labute approximate surface area is 156 Å². The number of amides is 1. The van der Waals surface area contributed by atoms with Gasteiger partial charge in [0.25, 0.3) is 5.91 Å². The summed E-state index contributed by atoms with van der Waals surface area (Å²) >= 11 is 12.0. The summed E-state index contributed by atoms with van der Waals surface area (Å²) in [5.74, 6) is -0.742. The summed E-state index contributed by atoms with van der Waals surface area (Å²) in [7, 11) is 1.42. The molecule has 0 spiro atoms. The third-order valence-electron chi connectivity index (χ3n) is 3.45. The van der Waals surface area contributed by atoms with Gasteiger partial charge >= 0.3 is 5.97 Å². The van der Waals surface area contributed by atoms with Gasteiger partial charge in [-0.25, -0.2) is 4.79 Å². The molecule has 0 heterocycles. The molecule has 25 heavy (non-hydrogen) atoms. The van der Waals surface area contributed by atoms with Crippen LogP contribution in [0.1, 0.15) is 17.3 Å². The van der Waals surface area contributed by atoms with E-state index < -0.39 is 5.97 Å². The molecule has 0 saturated heterocycles. The van der Waals surface area contributed by atoms with Gasteiger partial charge in [0.05, 0.1) is 22.7 Å². The third kappa shape index (κ3) is 4.65. The van der Waals surface area contributed by atoms with Gasteiger partial charge in [-0.1, -0.05) is 41.4 Å². The molecule has 0 aliphatic carbocycles. The van der Waals surface area contributed by atoms with Crippen molar-refractivity contribution in [1.82, 2.24) is 0 Å². The number of carbonyl (C=O) groups excluding carboxylic acids is 2. The lowest BCUT2D eigenvalue weighted by Gasteiger charge is -2.20. The van der Waals surface area contributed by atoms with Crippen LogP contribution in [0.25, 0.3) is 0 Å². The van der Waals surface area contributed by atoms with Crippen molar-refractivity contribution >= 4 is 40.8 Å². The molecular formula is C18H17Cl2NO4. The molecular weight excluding hydrogens is 365 g/mol. The molecule has 0 aliphatic rings. The molecule has 7 heteroatoms. The van der Waals surface area contributed by atoms with Crippen LogP contribution in [0.2, 0.25) is 10.0 Å².